The third-order valence-corrected chi connectivity index (χ3v) is 10.0. The Morgan fingerprint density at radius 2 is 0.677 bits per heavy atom. The molecule has 5 rings (SSSR count). The summed E-state index contributed by atoms with van der Waals surface area (Å²) in [7, 11) is -1.19. The van der Waals surface area contributed by atoms with Crippen LogP contribution >= 0.6 is 54.3 Å². The van der Waals surface area contributed by atoms with Crippen LogP contribution in [0.1, 0.15) is 0 Å². The van der Waals surface area contributed by atoms with E-state index in [9.17, 15) is 0 Å². The molecule has 0 radical (unpaired) electrons. The Hall–Kier alpha value is -1.79. The molecule has 0 saturated heterocycles. The Labute approximate surface area is 202 Å². The van der Waals surface area contributed by atoms with Gasteiger partial charge in [-0.15, -0.1) is 0 Å². The zero-order valence-corrected chi connectivity index (χ0v) is 20.0. The van der Waals surface area contributed by atoms with Gasteiger partial charge in [0.2, 0.25) is 0 Å². The van der Waals surface area contributed by atoms with Crippen LogP contribution in [-0.2, 0) is 0 Å². The summed E-state index contributed by atoms with van der Waals surface area (Å²) in [5.41, 5.74) is 3.68. The summed E-state index contributed by atoms with van der Waals surface area (Å²) in [5, 5.41) is 5.44. The van der Waals surface area contributed by atoms with Crippen molar-refractivity contribution in [3.8, 4) is 22.3 Å². The van der Waals surface area contributed by atoms with Crippen molar-refractivity contribution in [2.24, 2.45) is 0 Å². The quantitative estimate of drug-likeness (QED) is 0.219. The fourth-order valence-electron chi connectivity index (χ4n) is 3.90. The minimum atomic E-state index is -1.19. The number of hydrogen-bond donors (Lipinski definition) is 0. The van der Waals surface area contributed by atoms with E-state index in [1.165, 1.54) is 0 Å². The first kappa shape index (κ1) is 21.1. The van der Waals surface area contributed by atoms with Crippen LogP contribution in [0.3, 0.4) is 0 Å². The van der Waals surface area contributed by atoms with Crippen molar-refractivity contribution < 1.29 is 0 Å². The molecule has 1 aromatic rings. The molecule has 0 bridgehead atoms. The molecule has 0 aliphatic heterocycles. The van der Waals surface area contributed by atoms with E-state index < -0.39 is 7.92 Å². The van der Waals surface area contributed by atoms with Gasteiger partial charge in [0.05, 0.1) is 20.1 Å². The number of fused-ring (bicyclic) bond motifs is 2. The number of rotatable bonds is 3. The van der Waals surface area contributed by atoms with Gasteiger partial charge in [-0.25, -0.2) is 0 Å². The third-order valence-electron chi connectivity index (χ3n) is 5.32. The van der Waals surface area contributed by atoms with Crippen molar-refractivity contribution in [2.75, 3.05) is 0 Å². The number of hydrogen-bond acceptors (Lipinski definition) is 0. The fraction of sp³-hybridized carbons (Fsp3) is 0. The Bertz CT molecular complexity index is 1170. The molecule has 0 aromatic heterocycles. The second-order valence-electron chi connectivity index (χ2n) is 7.10. The second kappa shape index (κ2) is 8.62. The van der Waals surface area contributed by atoms with Crippen molar-refractivity contribution in [3.63, 3.8) is 0 Å². The lowest BCUT2D eigenvalue weighted by Gasteiger charge is -2.20. The van der Waals surface area contributed by atoms with E-state index in [1.807, 2.05) is 78.9 Å². The first-order valence-corrected chi connectivity index (χ1v) is 12.5. The summed E-state index contributed by atoms with van der Waals surface area (Å²) in [4.78, 5) is 0. The van der Waals surface area contributed by atoms with Gasteiger partial charge in [-0.05, 0) is 13.2 Å². The van der Waals surface area contributed by atoms with Crippen LogP contribution in [0.4, 0.5) is 0 Å². The molecule has 5 heteroatoms. The summed E-state index contributed by atoms with van der Waals surface area (Å²) < 4.78 is 0. The Morgan fingerprint density at radius 3 is 1.00 bits per heavy atom. The highest BCUT2D eigenvalue weighted by molar-refractivity contribution is 7.80. The topological polar surface area (TPSA) is 0 Å². The molecular formula is C26H15Cl4P. The summed E-state index contributed by atoms with van der Waals surface area (Å²) in [5.74, 6) is 0. The highest BCUT2D eigenvalue weighted by atomic mass is 35.5. The molecule has 31 heavy (non-hydrogen) atoms. The van der Waals surface area contributed by atoms with E-state index in [2.05, 4.69) is 12.1 Å². The molecule has 0 amide bonds. The molecule has 4 aliphatic rings. The average molecular weight is 500 g/mol. The van der Waals surface area contributed by atoms with Gasteiger partial charge >= 0.3 is 0 Å². The van der Waals surface area contributed by atoms with E-state index in [4.69, 9.17) is 46.4 Å². The van der Waals surface area contributed by atoms with Crippen LogP contribution in [0.5, 0.6) is 0 Å². The Kier molecular flexibility index (Phi) is 5.86. The molecule has 152 valence electrons. The lowest BCUT2D eigenvalue weighted by molar-refractivity contribution is 1.77. The third kappa shape index (κ3) is 3.52. The van der Waals surface area contributed by atoms with Gasteiger partial charge in [-0.2, -0.15) is 0 Å². The zero-order chi connectivity index (χ0) is 21.5. The molecular weight excluding hydrogens is 485 g/mol. The van der Waals surface area contributed by atoms with E-state index in [0.29, 0.717) is 20.1 Å². The lowest BCUT2D eigenvalue weighted by atomic mass is 10.2. The van der Waals surface area contributed by atoms with E-state index >= 15 is 0 Å². The van der Waals surface area contributed by atoms with Crippen LogP contribution in [-0.4, -0.2) is 0 Å². The monoisotopic (exact) mass is 498 g/mol. The largest absolute Gasteiger partial charge is 0.0829 e. The molecule has 0 N–H and O–H groups in total. The second-order valence-corrected chi connectivity index (χ2v) is 10.7. The average Bonchev–Trinajstić information content (AvgIpc) is 3.06. The maximum Gasteiger partial charge on any atom is 0.0583 e. The molecule has 0 fully saturated rings. The van der Waals surface area contributed by atoms with Crippen molar-refractivity contribution in [2.45, 2.75) is 0 Å². The van der Waals surface area contributed by atoms with E-state index in [0.717, 1.165) is 38.2 Å². The molecule has 0 nitrogen and oxygen atoms in total. The van der Waals surface area contributed by atoms with Crippen molar-refractivity contribution >= 4 is 70.2 Å². The van der Waals surface area contributed by atoms with E-state index in [-0.39, 0.29) is 0 Å². The summed E-state index contributed by atoms with van der Waals surface area (Å²) in [6, 6.07) is 30.0. The highest BCUT2D eigenvalue weighted by Crippen LogP contribution is 2.52. The minimum Gasteiger partial charge on any atom is -0.0829 e. The highest BCUT2D eigenvalue weighted by Gasteiger charge is 2.34. The van der Waals surface area contributed by atoms with Crippen molar-refractivity contribution in [1.29, 1.82) is 0 Å². The Balaban J connectivity index is 1.89. The van der Waals surface area contributed by atoms with E-state index in [1.54, 1.807) is 0 Å². The van der Waals surface area contributed by atoms with Crippen molar-refractivity contribution in [1.82, 2.24) is 0 Å². The van der Waals surface area contributed by atoms with Crippen molar-refractivity contribution in [3.05, 3.63) is 111 Å². The molecule has 0 heterocycles. The maximum absolute atomic E-state index is 6.99. The predicted octanol–water partition coefficient (Wildman–Crippen LogP) is 8.27. The van der Waals surface area contributed by atoms with Gasteiger partial charge in [-0.1, -0.05) is 137 Å². The maximum atomic E-state index is 6.99. The van der Waals surface area contributed by atoms with Gasteiger partial charge in [-0.3, -0.25) is 0 Å². The first-order valence-electron chi connectivity index (χ1n) is 9.66. The number of benzene rings is 1. The van der Waals surface area contributed by atoms with Crippen LogP contribution in [0, 0.1) is 0 Å². The molecule has 4 aliphatic carbocycles. The molecule has 0 saturated carbocycles. The summed E-state index contributed by atoms with van der Waals surface area (Å²) >= 11 is 27.9. The standard InChI is InChI=1S/C26H15Cl4P/c27-21-17-12-6-2-7-13-18(17)22(28)25(21)31(16-10-4-1-5-11-16)26-23(29)19-14-8-3-9-15-20(19)24(26)30/h1-15H. The smallest absolute Gasteiger partial charge is 0.0583 e. The molecule has 0 unspecified atom stereocenters. The van der Waals surface area contributed by atoms with Crippen LogP contribution in [0.2, 0.25) is 20.1 Å². The fourth-order valence-corrected chi connectivity index (χ4v) is 8.53. The molecule has 0 atom stereocenters. The predicted molar refractivity (Wildman–Crippen MR) is 138 cm³/mol. The Morgan fingerprint density at radius 1 is 0.387 bits per heavy atom. The zero-order valence-electron chi connectivity index (χ0n) is 16.1. The van der Waals surface area contributed by atoms with Gasteiger partial charge < -0.3 is 0 Å². The molecule has 0 spiro atoms. The van der Waals surface area contributed by atoms with Crippen LogP contribution in [0.25, 0.3) is 22.3 Å². The SMILES string of the molecule is Clc1c2cccccc-2c(Cl)c1P(c1ccccc1)c1c(Cl)c2cccccc-2c1Cl. The normalized spacial score (nSPS) is 11.5. The first-order chi connectivity index (χ1) is 15.1. The number of halogens is 4. The minimum absolute atomic E-state index is 0.647. The summed E-state index contributed by atoms with van der Waals surface area (Å²) in [6.45, 7) is 0. The van der Waals surface area contributed by atoms with Crippen LogP contribution in [0.15, 0.2) is 91.0 Å². The van der Waals surface area contributed by atoms with Gasteiger partial charge in [0.25, 0.3) is 0 Å². The lowest BCUT2D eigenvalue weighted by Crippen LogP contribution is -2.21. The summed E-state index contributed by atoms with van der Waals surface area (Å²) in [6.07, 6.45) is 0. The molecule has 1 aromatic carbocycles. The van der Waals surface area contributed by atoms with Crippen LogP contribution < -0.4 is 15.9 Å². The van der Waals surface area contributed by atoms with Gasteiger partial charge in [0.15, 0.2) is 0 Å². The van der Waals surface area contributed by atoms with Gasteiger partial charge in [0.1, 0.15) is 0 Å². The van der Waals surface area contributed by atoms with Gasteiger partial charge in [0, 0.05) is 32.9 Å².